The van der Waals surface area contributed by atoms with Gasteiger partial charge in [-0.25, -0.2) is 0 Å². The summed E-state index contributed by atoms with van der Waals surface area (Å²) in [6.07, 6.45) is 1.94. The van der Waals surface area contributed by atoms with Gasteiger partial charge in [-0.2, -0.15) is 0 Å². The second-order valence-corrected chi connectivity index (χ2v) is 14.4. The Morgan fingerprint density at radius 2 is 1.58 bits per heavy atom. The van der Waals surface area contributed by atoms with Gasteiger partial charge in [0.1, 0.15) is 5.78 Å². The summed E-state index contributed by atoms with van der Waals surface area (Å²) in [6.45, 7) is 21.0. The minimum atomic E-state index is -1.90. The monoisotopic (exact) mass is 356 g/mol. The van der Waals surface area contributed by atoms with E-state index in [9.17, 15) is 4.79 Å². The molecule has 0 bridgehead atoms. The van der Waals surface area contributed by atoms with Crippen molar-refractivity contribution in [3.63, 3.8) is 0 Å². The Labute approximate surface area is 150 Å². The van der Waals surface area contributed by atoms with Crippen molar-refractivity contribution < 1.29 is 18.5 Å². The van der Waals surface area contributed by atoms with E-state index in [0.29, 0.717) is 6.42 Å². The first-order valence-electron chi connectivity index (χ1n) is 9.10. The first kappa shape index (κ1) is 21.9. The van der Waals surface area contributed by atoms with E-state index < -0.39 is 8.32 Å². The van der Waals surface area contributed by atoms with Gasteiger partial charge in [0.15, 0.2) is 8.32 Å². The van der Waals surface area contributed by atoms with Crippen LogP contribution in [0.15, 0.2) is 0 Å². The minimum Gasteiger partial charge on any atom is -0.414 e. The molecule has 6 heteroatoms. The molecule has 0 aliphatic carbocycles. The van der Waals surface area contributed by atoms with E-state index in [4.69, 9.17) is 13.7 Å². The summed E-state index contributed by atoms with van der Waals surface area (Å²) in [4.78, 5) is 11.7. The Hall–Kier alpha value is -0.168. The lowest BCUT2D eigenvalue weighted by Crippen LogP contribution is -2.44. The van der Waals surface area contributed by atoms with E-state index in [-0.39, 0.29) is 35.2 Å². The zero-order valence-electron chi connectivity index (χ0n) is 17.4. The maximum Gasteiger partial charge on any atom is 0.457 e. The summed E-state index contributed by atoms with van der Waals surface area (Å²) in [6, 6.07) is 0. The van der Waals surface area contributed by atoms with Crippen molar-refractivity contribution in [2.75, 3.05) is 0 Å². The van der Waals surface area contributed by atoms with Gasteiger partial charge in [-0.1, -0.05) is 20.8 Å². The molecule has 1 saturated heterocycles. The van der Waals surface area contributed by atoms with Crippen molar-refractivity contribution in [1.82, 2.24) is 0 Å². The zero-order chi connectivity index (χ0) is 19.0. The molecule has 140 valence electrons. The molecule has 1 atom stereocenters. The number of Topliss-reactive ketones (excluding diaryl/α,β-unsaturated/α-hetero) is 1. The summed E-state index contributed by atoms with van der Waals surface area (Å²) < 4.78 is 18.6. The van der Waals surface area contributed by atoms with Crippen LogP contribution in [0.3, 0.4) is 0 Å². The van der Waals surface area contributed by atoms with Crippen LogP contribution in [0.4, 0.5) is 0 Å². The molecule has 1 aliphatic heterocycles. The molecule has 0 amide bonds. The van der Waals surface area contributed by atoms with E-state index in [1.54, 1.807) is 6.92 Å². The van der Waals surface area contributed by atoms with Gasteiger partial charge in [-0.3, -0.25) is 4.79 Å². The van der Waals surface area contributed by atoms with Gasteiger partial charge in [-0.05, 0) is 65.5 Å². The van der Waals surface area contributed by atoms with Crippen molar-refractivity contribution in [2.24, 2.45) is 0 Å². The van der Waals surface area contributed by atoms with Gasteiger partial charge in [-0.15, -0.1) is 0 Å². The van der Waals surface area contributed by atoms with Crippen LogP contribution in [0.2, 0.25) is 24.5 Å². The van der Waals surface area contributed by atoms with Crippen LogP contribution in [0.5, 0.6) is 0 Å². The summed E-state index contributed by atoms with van der Waals surface area (Å²) in [5, 5.41) is 0.131. The van der Waals surface area contributed by atoms with Gasteiger partial charge < -0.3 is 13.7 Å². The summed E-state index contributed by atoms with van der Waals surface area (Å²) in [5.41, 5.74) is -0.623. The van der Waals surface area contributed by atoms with Gasteiger partial charge >= 0.3 is 7.12 Å². The predicted octanol–water partition coefficient (Wildman–Crippen LogP) is 4.84. The molecule has 0 aromatic carbocycles. The highest BCUT2D eigenvalue weighted by Gasteiger charge is 2.51. The van der Waals surface area contributed by atoms with E-state index in [0.717, 1.165) is 12.7 Å². The molecular weight excluding hydrogens is 319 g/mol. The number of hydrogen-bond donors (Lipinski definition) is 0. The summed E-state index contributed by atoms with van der Waals surface area (Å²) in [7, 11) is -2.13. The quantitative estimate of drug-likeness (QED) is 0.613. The third-order valence-corrected chi connectivity index (χ3v) is 10.3. The minimum absolute atomic E-state index is 0.0533. The molecule has 1 unspecified atom stereocenters. The Morgan fingerprint density at radius 1 is 1.12 bits per heavy atom. The van der Waals surface area contributed by atoms with Crippen molar-refractivity contribution in [1.29, 1.82) is 0 Å². The molecule has 0 radical (unpaired) electrons. The summed E-state index contributed by atoms with van der Waals surface area (Å²) >= 11 is 0. The highest BCUT2D eigenvalue weighted by atomic mass is 28.4. The number of hydrogen-bond acceptors (Lipinski definition) is 4. The normalized spacial score (nSPS) is 21.8. The van der Waals surface area contributed by atoms with E-state index in [2.05, 4.69) is 61.6 Å². The number of ketones is 1. The van der Waals surface area contributed by atoms with Crippen LogP contribution < -0.4 is 0 Å². The average molecular weight is 356 g/mol. The third kappa shape index (κ3) is 5.41. The van der Waals surface area contributed by atoms with Gasteiger partial charge in [0.2, 0.25) is 0 Å². The first-order chi connectivity index (χ1) is 10.6. The lowest BCUT2D eigenvalue weighted by molar-refractivity contribution is -0.118. The number of carbonyl (C=O) groups excluding carboxylic acids is 1. The van der Waals surface area contributed by atoms with Crippen LogP contribution >= 0.6 is 0 Å². The van der Waals surface area contributed by atoms with E-state index in [1.807, 2.05) is 0 Å². The predicted molar refractivity (Wildman–Crippen MR) is 103 cm³/mol. The van der Waals surface area contributed by atoms with Gasteiger partial charge in [0.05, 0.1) is 17.3 Å². The van der Waals surface area contributed by atoms with Crippen molar-refractivity contribution in [3.05, 3.63) is 0 Å². The van der Waals surface area contributed by atoms with Crippen molar-refractivity contribution >= 4 is 21.2 Å². The fourth-order valence-corrected chi connectivity index (χ4v) is 3.91. The lowest BCUT2D eigenvalue weighted by Gasteiger charge is -2.39. The number of carbonyl (C=O) groups is 1. The number of rotatable bonds is 7. The smallest absolute Gasteiger partial charge is 0.414 e. The van der Waals surface area contributed by atoms with Gasteiger partial charge in [0.25, 0.3) is 0 Å². The maximum absolute atomic E-state index is 11.7. The van der Waals surface area contributed by atoms with E-state index in [1.165, 1.54) is 0 Å². The Balaban J connectivity index is 2.70. The molecule has 0 N–H and O–H groups in total. The molecule has 0 spiro atoms. The van der Waals surface area contributed by atoms with Crippen LogP contribution in [-0.4, -0.2) is 38.5 Å². The highest BCUT2D eigenvalue weighted by Crippen LogP contribution is 2.40. The van der Waals surface area contributed by atoms with Crippen LogP contribution in [0.25, 0.3) is 0 Å². The molecule has 0 aromatic heterocycles. The molecule has 1 aliphatic rings. The molecule has 1 heterocycles. The SMILES string of the molecule is CC(=O)CC(CCB1OC(C)(C)C(C)(C)O1)O[Si](C)(C)C(C)(C)C. The first-order valence-corrected chi connectivity index (χ1v) is 12.0. The standard InChI is InChI=1S/C18H37BO4Si/c1-14(20)13-15(21-24(9,10)16(2,3)4)11-12-19-22-17(5,6)18(7,8)23-19/h15H,11-13H2,1-10H3. The lowest BCUT2D eigenvalue weighted by atomic mass is 9.81. The second kappa shape index (κ2) is 7.22. The Bertz CT molecular complexity index is 438. The molecule has 24 heavy (non-hydrogen) atoms. The Kier molecular flexibility index (Phi) is 6.58. The van der Waals surface area contributed by atoms with E-state index >= 15 is 0 Å². The van der Waals surface area contributed by atoms with Crippen LogP contribution in [0, 0.1) is 0 Å². The molecule has 0 saturated carbocycles. The zero-order valence-corrected chi connectivity index (χ0v) is 18.4. The average Bonchev–Trinajstić information content (AvgIpc) is 2.52. The summed E-state index contributed by atoms with van der Waals surface area (Å²) in [5.74, 6) is 0.174. The topological polar surface area (TPSA) is 44.8 Å². The molecular formula is C18H37BO4Si. The van der Waals surface area contributed by atoms with Crippen LogP contribution in [-0.2, 0) is 18.5 Å². The second-order valence-electron chi connectivity index (χ2n) is 9.67. The molecule has 0 aromatic rings. The Morgan fingerprint density at radius 3 is 1.96 bits per heavy atom. The maximum atomic E-state index is 11.7. The third-order valence-electron chi connectivity index (χ3n) is 5.81. The fraction of sp³-hybridized carbons (Fsp3) is 0.944. The highest BCUT2D eigenvalue weighted by molar-refractivity contribution is 6.74. The van der Waals surface area contributed by atoms with Crippen molar-refractivity contribution in [2.45, 2.75) is 110 Å². The van der Waals surface area contributed by atoms with Crippen molar-refractivity contribution in [3.8, 4) is 0 Å². The molecule has 4 nitrogen and oxygen atoms in total. The fourth-order valence-electron chi connectivity index (χ4n) is 2.52. The molecule has 1 rings (SSSR count). The molecule has 1 fully saturated rings. The van der Waals surface area contributed by atoms with Crippen LogP contribution in [0.1, 0.15) is 68.2 Å². The van der Waals surface area contributed by atoms with Gasteiger partial charge in [0, 0.05) is 6.42 Å². The largest absolute Gasteiger partial charge is 0.457 e.